The minimum atomic E-state index is -2.29. The Morgan fingerprint density at radius 3 is 1.96 bits per heavy atom. The van der Waals surface area contributed by atoms with Crippen molar-refractivity contribution in [3.05, 3.63) is 57.2 Å². The number of hydrogen-bond donors (Lipinski definition) is 2. The molecule has 0 radical (unpaired) electrons. The molecule has 136 valence electrons. The zero-order valence-electron chi connectivity index (χ0n) is 13.4. The first-order chi connectivity index (χ1) is 11.6. The fraction of sp³-hybridized carbons (Fsp3) is 0.312. The molecule has 0 saturated heterocycles. The average molecular weight is 363 g/mol. The van der Waals surface area contributed by atoms with Crippen LogP contribution >= 0.6 is 0 Å². The number of aromatic nitrogens is 1. The number of rotatable bonds is 4. The maximum atomic E-state index is 13.6. The number of ether oxygens (including phenoxy) is 1. The van der Waals surface area contributed by atoms with E-state index in [0.29, 0.717) is 16.8 Å². The van der Waals surface area contributed by atoms with E-state index in [1.807, 2.05) is 0 Å². The maximum Gasteiger partial charge on any atom is 0.355 e. The zero-order valence-corrected chi connectivity index (χ0v) is 13.4. The van der Waals surface area contributed by atoms with Gasteiger partial charge in [-0.05, 0) is 26.3 Å². The van der Waals surface area contributed by atoms with Gasteiger partial charge in [0.15, 0.2) is 23.3 Å². The first-order valence-electron chi connectivity index (χ1n) is 7.12. The number of nitrogens with one attached hydrogen (secondary N) is 1. The summed E-state index contributed by atoms with van der Waals surface area (Å²) in [6.07, 6.45) is -0.882. The summed E-state index contributed by atoms with van der Waals surface area (Å²) in [4.78, 5) is 14.7. The molecule has 0 fully saturated rings. The number of carbonyl (C=O) groups excluding carboxylic acids is 1. The lowest BCUT2D eigenvalue weighted by Crippen LogP contribution is -2.12. The lowest BCUT2D eigenvalue weighted by Gasteiger charge is -2.09. The van der Waals surface area contributed by atoms with Gasteiger partial charge < -0.3 is 14.8 Å². The van der Waals surface area contributed by atoms with E-state index >= 15 is 0 Å². The molecule has 0 aliphatic rings. The molecule has 0 unspecified atom stereocenters. The normalized spacial score (nSPS) is 12.4. The lowest BCUT2D eigenvalue weighted by molar-refractivity contribution is 0.0455. The van der Waals surface area contributed by atoms with E-state index in [1.165, 1.54) is 13.8 Å². The SMILES string of the molecule is Cc1[nH]c(C(=O)OCc2c(F)c(F)c(F)c(F)c2F)c(C)c1[C@@H](C)O. The van der Waals surface area contributed by atoms with Crippen LogP contribution < -0.4 is 0 Å². The Balaban J connectivity index is 2.29. The third-order valence-electron chi connectivity index (χ3n) is 3.77. The molecule has 0 amide bonds. The lowest BCUT2D eigenvalue weighted by atomic mass is 10.1. The molecule has 1 aromatic heterocycles. The van der Waals surface area contributed by atoms with Crippen LogP contribution in [0.25, 0.3) is 0 Å². The van der Waals surface area contributed by atoms with Gasteiger partial charge >= 0.3 is 5.97 Å². The monoisotopic (exact) mass is 363 g/mol. The summed E-state index contributed by atoms with van der Waals surface area (Å²) in [5.74, 6) is -11.7. The molecule has 25 heavy (non-hydrogen) atoms. The number of aryl methyl sites for hydroxylation is 1. The van der Waals surface area contributed by atoms with E-state index in [-0.39, 0.29) is 5.69 Å². The standard InChI is InChI=1S/C16H14F5NO3/c1-5-9(7(3)23)6(2)22-15(5)16(24)25-4-8-10(17)12(19)14(21)13(20)11(8)18/h7,22-23H,4H2,1-3H3/t7-/m1/s1. The molecule has 4 nitrogen and oxygen atoms in total. The topological polar surface area (TPSA) is 62.3 Å². The highest BCUT2D eigenvalue weighted by atomic mass is 19.2. The third kappa shape index (κ3) is 3.23. The first-order valence-corrected chi connectivity index (χ1v) is 7.12. The minimum absolute atomic E-state index is 0.0859. The van der Waals surface area contributed by atoms with Crippen LogP contribution in [-0.2, 0) is 11.3 Å². The van der Waals surface area contributed by atoms with Crippen molar-refractivity contribution < 1.29 is 36.6 Å². The van der Waals surface area contributed by atoms with Gasteiger partial charge in [0.25, 0.3) is 0 Å². The zero-order chi connectivity index (χ0) is 19.0. The molecule has 9 heteroatoms. The van der Waals surface area contributed by atoms with Gasteiger partial charge in [-0.3, -0.25) is 0 Å². The van der Waals surface area contributed by atoms with Gasteiger partial charge in [-0.15, -0.1) is 0 Å². The predicted molar refractivity (Wildman–Crippen MR) is 76.3 cm³/mol. The largest absolute Gasteiger partial charge is 0.456 e. The van der Waals surface area contributed by atoms with Crippen LogP contribution in [0.15, 0.2) is 0 Å². The predicted octanol–water partition coefficient (Wildman–Crippen LogP) is 3.74. The van der Waals surface area contributed by atoms with Gasteiger partial charge in [0.2, 0.25) is 5.82 Å². The van der Waals surface area contributed by atoms with Gasteiger partial charge in [0.1, 0.15) is 12.3 Å². The Kier molecular flexibility index (Phi) is 5.17. The quantitative estimate of drug-likeness (QED) is 0.377. The molecule has 0 aliphatic carbocycles. The summed E-state index contributed by atoms with van der Waals surface area (Å²) in [5, 5.41) is 9.66. The Morgan fingerprint density at radius 1 is 1.04 bits per heavy atom. The second-order valence-corrected chi connectivity index (χ2v) is 5.46. The van der Waals surface area contributed by atoms with Crippen molar-refractivity contribution in [1.29, 1.82) is 0 Å². The highest BCUT2D eigenvalue weighted by Gasteiger charge is 2.27. The molecule has 0 saturated carbocycles. The molecule has 0 spiro atoms. The van der Waals surface area contributed by atoms with Crippen LogP contribution in [0.1, 0.15) is 45.9 Å². The van der Waals surface area contributed by atoms with Crippen molar-refractivity contribution in [1.82, 2.24) is 4.98 Å². The molecule has 1 aromatic carbocycles. The Labute approximate surface area is 139 Å². The molecular formula is C16H14F5NO3. The van der Waals surface area contributed by atoms with Gasteiger partial charge in [-0.1, -0.05) is 0 Å². The molecule has 1 atom stereocenters. The maximum absolute atomic E-state index is 13.6. The van der Waals surface area contributed by atoms with E-state index in [1.54, 1.807) is 6.92 Å². The molecule has 2 aromatic rings. The van der Waals surface area contributed by atoms with Crippen molar-refractivity contribution >= 4 is 5.97 Å². The Morgan fingerprint density at radius 2 is 1.52 bits per heavy atom. The van der Waals surface area contributed by atoms with Crippen LogP contribution in [0, 0.1) is 42.9 Å². The number of aliphatic hydroxyl groups excluding tert-OH is 1. The van der Waals surface area contributed by atoms with E-state index in [0.717, 1.165) is 0 Å². The number of aromatic amines is 1. The highest BCUT2D eigenvalue weighted by molar-refractivity contribution is 5.89. The number of aliphatic hydroxyl groups is 1. The van der Waals surface area contributed by atoms with Crippen molar-refractivity contribution in [3.8, 4) is 0 Å². The summed E-state index contributed by atoms with van der Waals surface area (Å²) in [7, 11) is 0. The van der Waals surface area contributed by atoms with Gasteiger partial charge in [0.05, 0.1) is 11.7 Å². The summed E-state index contributed by atoms with van der Waals surface area (Å²) < 4.78 is 71.0. The average Bonchev–Trinajstić information content (AvgIpc) is 2.85. The van der Waals surface area contributed by atoms with Crippen LogP contribution in [0.4, 0.5) is 22.0 Å². The van der Waals surface area contributed by atoms with Crippen molar-refractivity contribution in [2.24, 2.45) is 0 Å². The van der Waals surface area contributed by atoms with Crippen LogP contribution in [0.3, 0.4) is 0 Å². The molecule has 1 heterocycles. The fourth-order valence-corrected chi connectivity index (χ4v) is 2.58. The second-order valence-electron chi connectivity index (χ2n) is 5.46. The molecule has 2 N–H and O–H groups in total. The number of H-pyrrole nitrogens is 1. The number of halogens is 5. The number of esters is 1. The van der Waals surface area contributed by atoms with Crippen molar-refractivity contribution in [2.75, 3.05) is 0 Å². The van der Waals surface area contributed by atoms with Gasteiger partial charge in [-0.25, -0.2) is 26.7 Å². The molecule has 0 bridgehead atoms. The number of carbonyl (C=O) groups is 1. The number of hydrogen-bond acceptors (Lipinski definition) is 3. The minimum Gasteiger partial charge on any atom is -0.456 e. The molecule has 0 aliphatic heterocycles. The Hall–Kier alpha value is -2.42. The van der Waals surface area contributed by atoms with Crippen LogP contribution in [-0.4, -0.2) is 16.1 Å². The Bertz CT molecular complexity index is 816. The van der Waals surface area contributed by atoms with Crippen LogP contribution in [0.2, 0.25) is 0 Å². The van der Waals surface area contributed by atoms with E-state index in [2.05, 4.69) is 9.72 Å². The molecular weight excluding hydrogens is 349 g/mol. The number of benzene rings is 1. The van der Waals surface area contributed by atoms with Crippen LogP contribution in [0.5, 0.6) is 0 Å². The van der Waals surface area contributed by atoms with Crippen molar-refractivity contribution in [2.45, 2.75) is 33.5 Å². The second kappa shape index (κ2) is 6.83. The summed E-state index contributed by atoms with van der Waals surface area (Å²) in [6, 6.07) is 0. The summed E-state index contributed by atoms with van der Waals surface area (Å²) in [5.41, 5.74) is -0.0486. The fourth-order valence-electron chi connectivity index (χ4n) is 2.58. The highest BCUT2D eigenvalue weighted by Crippen LogP contribution is 2.26. The molecule has 2 rings (SSSR count). The van der Waals surface area contributed by atoms with E-state index in [9.17, 15) is 31.9 Å². The van der Waals surface area contributed by atoms with Crippen molar-refractivity contribution in [3.63, 3.8) is 0 Å². The smallest absolute Gasteiger partial charge is 0.355 e. The van der Waals surface area contributed by atoms with E-state index in [4.69, 9.17) is 0 Å². The first kappa shape index (κ1) is 18.9. The summed E-state index contributed by atoms with van der Waals surface area (Å²) >= 11 is 0. The third-order valence-corrected chi connectivity index (χ3v) is 3.77. The van der Waals surface area contributed by atoms with E-state index < -0.39 is 53.3 Å². The summed E-state index contributed by atoms with van der Waals surface area (Å²) in [6.45, 7) is 3.44. The van der Waals surface area contributed by atoms with Gasteiger partial charge in [0, 0.05) is 11.3 Å². The van der Waals surface area contributed by atoms with Gasteiger partial charge in [-0.2, -0.15) is 0 Å².